The highest BCUT2D eigenvalue weighted by molar-refractivity contribution is 5.79. The molecule has 1 rings (SSSR count). The van der Waals surface area contributed by atoms with Crippen LogP contribution in [0.1, 0.15) is 33.6 Å². The molecular weight excluding hydrogens is 128 g/mol. The van der Waals surface area contributed by atoms with E-state index in [0.29, 0.717) is 0 Å². The van der Waals surface area contributed by atoms with Crippen molar-refractivity contribution >= 4 is 5.97 Å². The van der Waals surface area contributed by atoms with Gasteiger partial charge < -0.3 is 4.74 Å². The van der Waals surface area contributed by atoms with Crippen LogP contribution in [0.5, 0.6) is 0 Å². The van der Waals surface area contributed by atoms with Crippen LogP contribution in [0.15, 0.2) is 0 Å². The van der Waals surface area contributed by atoms with Crippen molar-refractivity contribution < 1.29 is 9.53 Å². The Morgan fingerprint density at radius 3 is 2.30 bits per heavy atom. The molecule has 1 aliphatic rings. The summed E-state index contributed by atoms with van der Waals surface area (Å²) in [5.74, 6) is -0.0255. The molecule has 1 saturated carbocycles. The summed E-state index contributed by atoms with van der Waals surface area (Å²) >= 11 is 0. The maximum absolute atomic E-state index is 11.1. The lowest BCUT2D eigenvalue weighted by Gasteiger charge is -2.11. The second-order valence-corrected chi connectivity index (χ2v) is 3.51. The third kappa shape index (κ3) is 1.49. The number of rotatable bonds is 2. The Morgan fingerprint density at radius 2 is 2.00 bits per heavy atom. The minimum Gasteiger partial charge on any atom is -0.463 e. The van der Waals surface area contributed by atoms with Crippen LogP contribution < -0.4 is 0 Å². The molecule has 0 radical (unpaired) electrons. The molecule has 0 aromatic heterocycles. The summed E-state index contributed by atoms with van der Waals surface area (Å²) in [6.45, 7) is 5.71. The molecular formula is C8H14O2. The summed E-state index contributed by atoms with van der Waals surface area (Å²) in [6, 6.07) is 0. The van der Waals surface area contributed by atoms with Gasteiger partial charge in [-0.25, -0.2) is 0 Å². The lowest BCUT2D eigenvalue weighted by atomic mass is 10.1. The van der Waals surface area contributed by atoms with Gasteiger partial charge in [-0.15, -0.1) is 0 Å². The molecule has 0 heterocycles. The number of hydrogen-bond acceptors (Lipinski definition) is 2. The molecule has 0 aromatic carbocycles. The lowest BCUT2D eigenvalue weighted by Crippen LogP contribution is -2.19. The van der Waals surface area contributed by atoms with Gasteiger partial charge in [0, 0.05) is 0 Å². The second kappa shape index (κ2) is 2.26. The maximum atomic E-state index is 11.1. The predicted octanol–water partition coefficient (Wildman–Crippen LogP) is 1.74. The van der Waals surface area contributed by atoms with Crippen molar-refractivity contribution in [2.24, 2.45) is 5.41 Å². The van der Waals surface area contributed by atoms with E-state index < -0.39 is 0 Å². The molecule has 0 aliphatic heterocycles. The third-order valence-corrected chi connectivity index (χ3v) is 1.84. The van der Waals surface area contributed by atoms with Crippen molar-refractivity contribution in [2.75, 3.05) is 0 Å². The molecule has 0 unspecified atom stereocenters. The van der Waals surface area contributed by atoms with Gasteiger partial charge in [-0.1, -0.05) is 0 Å². The Balaban J connectivity index is 2.35. The molecule has 2 heteroatoms. The van der Waals surface area contributed by atoms with Gasteiger partial charge in [0.15, 0.2) is 0 Å². The molecule has 2 nitrogen and oxygen atoms in total. The van der Waals surface area contributed by atoms with Gasteiger partial charge >= 0.3 is 5.97 Å². The van der Waals surface area contributed by atoms with E-state index in [9.17, 15) is 4.79 Å². The molecule has 0 amide bonds. The van der Waals surface area contributed by atoms with Gasteiger partial charge in [0.2, 0.25) is 0 Å². The SMILES string of the molecule is CC(C)OC(=O)C1(C)CC1. The Labute approximate surface area is 61.6 Å². The first-order chi connectivity index (χ1) is 4.54. The molecule has 0 N–H and O–H groups in total. The Kier molecular flexibility index (Phi) is 1.71. The first-order valence-electron chi connectivity index (χ1n) is 3.76. The van der Waals surface area contributed by atoms with Gasteiger partial charge in [-0.3, -0.25) is 4.79 Å². The van der Waals surface area contributed by atoms with Gasteiger partial charge in [0.1, 0.15) is 0 Å². The van der Waals surface area contributed by atoms with Crippen molar-refractivity contribution in [1.82, 2.24) is 0 Å². The van der Waals surface area contributed by atoms with Crippen LogP contribution in [-0.4, -0.2) is 12.1 Å². The van der Waals surface area contributed by atoms with E-state index in [4.69, 9.17) is 4.74 Å². The number of ether oxygens (including phenoxy) is 1. The largest absolute Gasteiger partial charge is 0.463 e. The number of esters is 1. The van der Waals surface area contributed by atoms with Crippen molar-refractivity contribution in [2.45, 2.75) is 39.7 Å². The minimum atomic E-state index is -0.121. The quantitative estimate of drug-likeness (QED) is 0.549. The lowest BCUT2D eigenvalue weighted by molar-refractivity contribution is -0.153. The van der Waals surface area contributed by atoms with Crippen LogP contribution in [0, 0.1) is 5.41 Å². The summed E-state index contributed by atoms with van der Waals surface area (Å²) in [5.41, 5.74) is -0.121. The fourth-order valence-corrected chi connectivity index (χ4v) is 0.748. The summed E-state index contributed by atoms with van der Waals surface area (Å²) in [7, 11) is 0. The van der Waals surface area contributed by atoms with E-state index in [0.717, 1.165) is 12.8 Å². The van der Waals surface area contributed by atoms with Crippen molar-refractivity contribution in [3.63, 3.8) is 0 Å². The average Bonchev–Trinajstić information content (AvgIpc) is 2.47. The smallest absolute Gasteiger partial charge is 0.312 e. The monoisotopic (exact) mass is 142 g/mol. The van der Waals surface area contributed by atoms with Crippen LogP contribution in [0.4, 0.5) is 0 Å². The first-order valence-corrected chi connectivity index (χ1v) is 3.76. The Morgan fingerprint density at radius 1 is 1.50 bits per heavy atom. The molecule has 1 fully saturated rings. The van der Waals surface area contributed by atoms with Crippen molar-refractivity contribution in [3.05, 3.63) is 0 Å². The molecule has 0 saturated heterocycles. The molecule has 0 atom stereocenters. The zero-order chi connectivity index (χ0) is 7.78. The van der Waals surface area contributed by atoms with Crippen LogP contribution in [0.2, 0.25) is 0 Å². The molecule has 10 heavy (non-hydrogen) atoms. The highest BCUT2D eigenvalue weighted by Gasteiger charge is 2.46. The zero-order valence-electron chi connectivity index (χ0n) is 6.81. The minimum absolute atomic E-state index is 0.0255. The van der Waals surface area contributed by atoms with Crippen molar-refractivity contribution in [1.29, 1.82) is 0 Å². The Bertz CT molecular complexity index is 145. The highest BCUT2D eigenvalue weighted by atomic mass is 16.5. The average molecular weight is 142 g/mol. The summed E-state index contributed by atoms with van der Waals surface area (Å²) in [4.78, 5) is 11.1. The fourth-order valence-electron chi connectivity index (χ4n) is 0.748. The number of hydrogen-bond donors (Lipinski definition) is 0. The van der Waals surface area contributed by atoms with Gasteiger partial charge in [-0.05, 0) is 33.6 Å². The highest BCUT2D eigenvalue weighted by Crippen LogP contribution is 2.46. The molecule has 0 aromatic rings. The van der Waals surface area contributed by atoms with E-state index in [2.05, 4.69) is 0 Å². The van der Waals surface area contributed by atoms with E-state index in [-0.39, 0.29) is 17.5 Å². The van der Waals surface area contributed by atoms with E-state index >= 15 is 0 Å². The van der Waals surface area contributed by atoms with Gasteiger partial charge in [-0.2, -0.15) is 0 Å². The summed E-state index contributed by atoms with van der Waals surface area (Å²) in [6.07, 6.45) is 2.03. The first kappa shape index (κ1) is 7.58. The maximum Gasteiger partial charge on any atom is 0.312 e. The van der Waals surface area contributed by atoms with Crippen LogP contribution in [0.25, 0.3) is 0 Å². The van der Waals surface area contributed by atoms with E-state index in [1.807, 2.05) is 20.8 Å². The zero-order valence-corrected chi connectivity index (χ0v) is 6.81. The number of carbonyl (C=O) groups is 1. The predicted molar refractivity (Wildman–Crippen MR) is 38.6 cm³/mol. The van der Waals surface area contributed by atoms with Crippen LogP contribution in [-0.2, 0) is 9.53 Å². The number of carbonyl (C=O) groups excluding carboxylic acids is 1. The Hall–Kier alpha value is -0.530. The molecule has 1 aliphatic carbocycles. The van der Waals surface area contributed by atoms with Crippen molar-refractivity contribution in [3.8, 4) is 0 Å². The fraction of sp³-hybridized carbons (Fsp3) is 0.875. The van der Waals surface area contributed by atoms with Crippen LogP contribution >= 0.6 is 0 Å². The van der Waals surface area contributed by atoms with E-state index in [1.54, 1.807) is 0 Å². The third-order valence-electron chi connectivity index (χ3n) is 1.84. The van der Waals surface area contributed by atoms with Gasteiger partial charge in [0.25, 0.3) is 0 Å². The molecule has 58 valence electrons. The summed E-state index contributed by atoms with van der Waals surface area (Å²) < 4.78 is 5.04. The normalized spacial score (nSPS) is 20.8. The second-order valence-electron chi connectivity index (χ2n) is 3.51. The van der Waals surface area contributed by atoms with E-state index in [1.165, 1.54) is 0 Å². The molecule has 0 bridgehead atoms. The topological polar surface area (TPSA) is 26.3 Å². The molecule has 0 spiro atoms. The standard InChI is InChI=1S/C8H14O2/c1-6(2)10-7(9)8(3)4-5-8/h6H,4-5H2,1-3H3. The summed E-state index contributed by atoms with van der Waals surface area (Å²) in [5, 5.41) is 0. The van der Waals surface area contributed by atoms with Gasteiger partial charge in [0.05, 0.1) is 11.5 Å². The van der Waals surface area contributed by atoms with Crippen LogP contribution in [0.3, 0.4) is 0 Å².